The molecule has 0 aliphatic heterocycles. The van der Waals surface area contributed by atoms with Gasteiger partial charge in [-0.3, -0.25) is 9.69 Å². The smallest absolute Gasteiger partial charge is 0.265 e. The van der Waals surface area contributed by atoms with E-state index in [4.69, 9.17) is 21.0 Å². The predicted octanol–water partition coefficient (Wildman–Crippen LogP) is 5.24. The van der Waals surface area contributed by atoms with Gasteiger partial charge in [0.25, 0.3) is 5.89 Å². The lowest BCUT2D eigenvalue weighted by Gasteiger charge is -2.23. The van der Waals surface area contributed by atoms with Crippen molar-refractivity contribution < 1.29 is 9.32 Å². The summed E-state index contributed by atoms with van der Waals surface area (Å²) in [4.78, 5) is 29.6. The second-order valence-electron chi connectivity index (χ2n) is 8.21. The van der Waals surface area contributed by atoms with E-state index in [0.717, 1.165) is 29.7 Å². The first kappa shape index (κ1) is 28.6. The van der Waals surface area contributed by atoms with Crippen LogP contribution in [-0.2, 0) is 4.79 Å². The van der Waals surface area contributed by atoms with Gasteiger partial charge in [-0.25, -0.2) is 15.0 Å². The van der Waals surface area contributed by atoms with Gasteiger partial charge in [0.1, 0.15) is 29.4 Å². The first-order chi connectivity index (χ1) is 17.6. The normalized spacial score (nSPS) is 11.4. The zero-order valence-corrected chi connectivity index (χ0v) is 22.0. The van der Waals surface area contributed by atoms with E-state index < -0.39 is 0 Å². The fourth-order valence-electron chi connectivity index (χ4n) is 3.28. The van der Waals surface area contributed by atoms with Gasteiger partial charge in [-0.1, -0.05) is 43.4 Å². The van der Waals surface area contributed by atoms with E-state index in [-0.39, 0.29) is 17.5 Å². The van der Waals surface area contributed by atoms with Crippen molar-refractivity contribution in [2.75, 3.05) is 11.5 Å². The Hall–Kier alpha value is -4.60. The molecular formula is C27H34N8O2. The summed E-state index contributed by atoms with van der Waals surface area (Å²) < 4.78 is 4.91. The molecule has 10 heteroatoms. The van der Waals surface area contributed by atoms with Gasteiger partial charge in [0.2, 0.25) is 6.41 Å². The highest BCUT2D eigenvalue weighted by molar-refractivity contribution is 5.95. The summed E-state index contributed by atoms with van der Waals surface area (Å²) in [5, 5.41) is 3.62. The Bertz CT molecular complexity index is 1300. The summed E-state index contributed by atoms with van der Waals surface area (Å²) >= 11 is 0. The van der Waals surface area contributed by atoms with E-state index in [2.05, 4.69) is 53.2 Å². The molecule has 37 heavy (non-hydrogen) atoms. The van der Waals surface area contributed by atoms with Crippen LogP contribution in [0.2, 0.25) is 0 Å². The molecule has 0 aliphatic rings. The monoisotopic (exact) mass is 502 g/mol. The number of nitrogen functional groups attached to an aromatic ring is 2. The molecule has 0 atom stereocenters. The number of hydrogen-bond donors (Lipinski definition) is 2. The van der Waals surface area contributed by atoms with Gasteiger partial charge < -0.3 is 16.0 Å². The fourth-order valence-corrected chi connectivity index (χ4v) is 3.28. The number of allylic oxidation sites excluding steroid dienone is 3. The number of rotatable bonds is 8. The van der Waals surface area contributed by atoms with Crippen molar-refractivity contribution in [3.8, 4) is 11.5 Å². The molecule has 2 heterocycles. The number of nitrogens with two attached hydrogens (primary N) is 2. The molecule has 0 aliphatic carbocycles. The third-order valence-electron chi connectivity index (χ3n) is 5.30. The maximum absolute atomic E-state index is 11.7. The third-order valence-corrected chi connectivity index (χ3v) is 5.30. The van der Waals surface area contributed by atoms with Gasteiger partial charge in [0, 0.05) is 6.42 Å². The molecule has 2 aromatic heterocycles. The van der Waals surface area contributed by atoms with Gasteiger partial charge >= 0.3 is 0 Å². The number of carbonyl (C=O) groups is 1. The van der Waals surface area contributed by atoms with Gasteiger partial charge in [-0.15, -0.1) is 0 Å². The molecule has 0 saturated carbocycles. The molecule has 3 aromatic rings. The fraction of sp³-hybridized carbons (Fsp3) is 0.259. The maximum Gasteiger partial charge on any atom is 0.265 e. The summed E-state index contributed by atoms with van der Waals surface area (Å²) in [6, 6.07) is 6.01. The van der Waals surface area contributed by atoms with Crippen molar-refractivity contribution in [3.05, 3.63) is 78.1 Å². The van der Waals surface area contributed by atoms with Crippen LogP contribution in [0, 0.1) is 20.8 Å². The summed E-state index contributed by atoms with van der Waals surface area (Å²) in [6.07, 6.45) is 7.10. The largest absolute Gasteiger partial charge is 0.383 e. The number of nitrogens with zero attached hydrogens (tertiary/aromatic N) is 6. The van der Waals surface area contributed by atoms with Crippen LogP contribution in [0.4, 0.5) is 17.3 Å². The van der Waals surface area contributed by atoms with Crippen LogP contribution in [0.3, 0.4) is 0 Å². The number of carbonyl (C=O) groups excluding carboxylic acids is 1. The van der Waals surface area contributed by atoms with E-state index >= 15 is 0 Å². The maximum atomic E-state index is 11.7. The van der Waals surface area contributed by atoms with Crippen molar-refractivity contribution in [3.63, 3.8) is 0 Å². The number of benzene rings is 1. The minimum Gasteiger partial charge on any atom is -0.383 e. The summed E-state index contributed by atoms with van der Waals surface area (Å²) in [6.45, 7) is 17.4. The second-order valence-corrected chi connectivity index (χ2v) is 8.21. The van der Waals surface area contributed by atoms with E-state index in [9.17, 15) is 4.79 Å². The quantitative estimate of drug-likeness (QED) is 0.184. The number of aromatic nitrogens is 4. The third kappa shape index (κ3) is 7.44. The van der Waals surface area contributed by atoms with Crippen LogP contribution in [0.25, 0.3) is 11.5 Å². The summed E-state index contributed by atoms with van der Waals surface area (Å²) in [5.74, 6) is 1.90. The Kier molecular flexibility index (Phi) is 10.4. The van der Waals surface area contributed by atoms with Gasteiger partial charge in [0.15, 0.2) is 5.82 Å². The van der Waals surface area contributed by atoms with Crippen LogP contribution in [0.5, 0.6) is 0 Å². The number of aryl methyl sites for hydroxylation is 2. The summed E-state index contributed by atoms with van der Waals surface area (Å²) in [5.41, 5.74) is 16.3. The first-order valence-corrected chi connectivity index (χ1v) is 11.7. The molecule has 0 saturated heterocycles. The molecule has 0 unspecified atom stereocenters. The van der Waals surface area contributed by atoms with E-state index in [1.807, 2.05) is 26.0 Å². The molecule has 0 spiro atoms. The molecule has 0 fully saturated rings. The average molecular weight is 503 g/mol. The molecular weight excluding hydrogens is 468 g/mol. The Balaban J connectivity index is 0.000000291. The molecule has 10 nitrogen and oxygen atoms in total. The van der Waals surface area contributed by atoms with Crippen molar-refractivity contribution in [1.82, 2.24) is 25.0 Å². The average Bonchev–Trinajstić information content (AvgIpc) is 3.27. The van der Waals surface area contributed by atoms with Crippen LogP contribution in [0.15, 0.2) is 70.6 Å². The van der Waals surface area contributed by atoms with Crippen LogP contribution >= 0.6 is 0 Å². The SMILES string of the molecule is C=C/C=C(\C(=C)C)N(C=O)C(CCC)=Nc1cccc(C)c1C.Cc1noc(-c2c(N)ncnc2N)n1. The number of anilines is 2. The Morgan fingerprint density at radius 3 is 2.38 bits per heavy atom. The predicted molar refractivity (Wildman–Crippen MR) is 148 cm³/mol. The molecule has 3 rings (SSSR count). The van der Waals surface area contributed by atoms with E-state index in [1.54, 1.807) is 24.0 Å². The topological polar surface area (TPSA) is 149 Å². The van der Waals surface area contributed by atoms with Crippen LogP contribution < -0.4 is 11.5 Å². The number of aliphatic imine (C=N–C) groups is 1. The van der Waals surface area contributed by atoms with Gasteiger partial charge in [-0.05, 0) is 63.0 Å². The molecule has 194 valence electrons. The highest BCUT2D eigenvalue weighted by Crippen LogP contribution is 2.26. The molecule has 0 radical (unpaired) electrons. The lowest BCUT2D eigenvalue weighted by molar-refractivity contribution is -0.113. The first-order valence-electron chi connectivity index (χ1n) is 11.7. The van der Waals surface area contributed by atoms with E-state index in [0.29, 0.717) is 29.3 Å². The second kappa shape index (κ2) is 13.5. The van der Waals surface area contributed by atoms with Gasteiger partial charge in [0.05, 0.1) is 11.4 Å². The number of hydrogen-bond acceptors (Lipinski definition) is 9. The lowest BCUT2D eigenvalue weighted by Crippen LogP contribution is -2.29. The lowest BCUT2D eigenvalue weighted by atomic mass is 10.1. The Morgan fingerprint density at radius 1 is 1.19 bits per heavy atom. The minimum atomic E-state index is 0.223. The van der Waals surface area contributed by atoms with Crippen LogP contribution in [0.1, 0.15) is 43.6 Å². The van der Waals surface area contributed by atoms with Crippen molar-refractivity contribution in [2.45, 2.75) is 47.5 Å². The molecule has 1 amide bonds. The highest BCUT2D eigenvalue weighted by atomic mass is 16.5. The number of amidine groups is 1. The summed E-state index contributed by atoms with van der Waals surface area (Å²) in [7, 11) is 0. The molecule has 4 N–H and O–H groups in total. The molecule has 0 bridgehead atoms. The van der Waals surface area contributed by atoms with Crippen molar-refractivity contribution in [1.29, 1.82) is 0 Å². The van der Waals surface area contributed by atoms with Crippen LogP contribution in [-0.4, -0.2) is 37.3 Å². The Labute approximate surface area is 217 Å². The standard InChI is InChI=1S/C20H26N2O.C7H8N6O/c1-7-10-19(15(3)4)22(14-23)20(11-8-2)21-18-13-9-12-16(5)17(18)6;1-3-12-7(14-13-3)4-5(8)10-2-11-6(4)9/h7,9-10,12-14H,1,3,8,11H2,2,4-6H3;2H,1H3,(H4,8,9,10,11)/b19-10+,21-20?;. The highest BCUT2D eigenvalue weighted by Gasteiger charge is 2.17. The van der Waals surface area contributed by atoms with Crippen molar-refractivity contribution >= 4 is 29.6 Å². The minimum absolute atomic E-state index is 0.223. The zero-order chi connectivity index (χ0) is 27.5. The van der Waals surface area contributed by atoms with E-state index in [1.165, 1.54) is 11.9 Å². The zero-order valence-electron chi connectivity index (χ0n) is 22.0. The van der Waals surface area contributed by atoms with Gasteiger partial charge in [-0.2, -0.15) is 4.98 Å². The molecule has 1 aromatic carbocycles. The Morgan fingerprint density at radius 2 is 1.86 bits per heavy atom. The number of amides is 1. The van der Waals surface area contributed by atoms with Crippen molar-refractivity contribution in [2.24, 2.45) is 4.99 Å².